The van der Waals surface area contributed by atoms with E-state index in [1.54, 1.807) is 20.8 Å². The normalized spacial score (nSPS) is 20.9. The second kappa shape index (κ2) is 10.2. The molecular formula is C18H24BrF4NO3S. The molecule has 0 saturated heterocycles. The molecule has 0 bridgehead atoms. The van der Waals surface area contributed by atoms with E-state index in [1.165, 1.54) is 13.0 Å². The highest BCUT2D eigenvalue weighted by atomic mass is 79.9. The van der Waals surface area contributed by atoms with Crippen molar-refractivity contribution in [3.8, 4) is 0 Å². The van der Waals surface area contributed by atoms with Crippen LogP contribution < -0.4 is 0 Å². The van der Waals surface area contributed by atoms with Crippen LogP contribution in [0.1, 0.15) is 47.0 Å². The number of alkyl halides is 4. The summed E-state index contributed by atoms with van der Waals surface area (Å²) in [7, 11) is 0. The Morgan fingerprint density at radius 1 is 1.39 bits per heavy atom. The van der Waals surface area contributed by atoms with Crippen molar-refractivity contribution in [2.75, 3.05) is 6.61 Å². The standard InChI is InChI=1S/C18H24BrF4NO3S/c1-5-27-16(25)9-11(18(21,22)23)8-15(24-28(26)17(2,3)4)13-10-12(19)6-7-14(13)20/h6-7,11-12H,5,8-10H2,1-4H3. The van der Waals surface area contributed by atoms with Gasteiger partial charge in [0.05, 0.1) is 24.7 Å². The minimum absolute atomic E-state index is 0.0416. The number of carbonyl (C=O) groups is 1. The van der Waals surface area contributed by atoms with Crippen LogP contribution in [0.5, 0.6) is 0 Å². The van der Waals surface area contributed by atoms with Gasteiger partial charge in [-0.3, -0.25) is 4.79 Å². The Labute approximate surface area is 173 Å². The lowest BCUT2D eigenvalue weighted by molar-refractivity contribution is -0.182. The van der Waals surface area contributed by atoms with E-state index in [1.807, 2.05) is 0 Å². The van der Waals surface area contributed by atoms with Gasteiger partial charge in [-0.05, 0) is 40.2 Å². The van der Waals surface area contributed by atoms with E-state index >= 15 is 0 Å². The Morgan fingerprint density at radius 3 is 2.50 bits per heavy atom. The van der Waals surface area contributed by atoms with Crippen molar-refractivity contribution in [2.45, 2.75) is 62.7 Å². The van der Waals surface area contributed by atoms with Gasteiger partial charge in [0.2, 0.25) is 0 Å². The predicted octanol–water partition coefficient (Wildman–Crippen LogP) is 5.36. The molecule has 160 valence electrons. The zero-order valence-corrected chi connectivity index (χ0v) is 18.5. The van der Waals surface area contributed by atoms with Crippen LogP contribution in [0.15, 0.2) is 27.9 Å². The molecule has 0 radical (unpaired) electrons. The fraction of sp³-hybridized carbons (Fsp3) is 0.667. The number of carbonyl (C=O) groups excluding carboxylic acids is 1. The van der Waals surface area contributed by atoms with E-state index in [0.29, 0.717) is 0 Å². The number of hydrogen-bond donors (Lipinski definition) is 0. The molecule has 28 heavy (non-hydrogen) atoms. The average Bonchev–Trinajstić information content (AvgIpc) is 2.54. The Morgan fingerprint density at radius 2 is 2.00 bits per heavy atom. The Hall–Kier alpha value is -0.870. The topological polar surface area (TPSA) is 61.7 Å². The van der Waals surface area contributed by atoms with Crippen LogP contribution in [0.3, 0.4) is 0 Å². The van der Waals surface area contributed by atoms with Crippen LogP contribution in [-0.2, 0) is 20.9 Å². The first-order valence-electron chi connectivity index (χ1n) is 8.68. The van der Waals surface area contributed by atoms with Crippen LogP contribution in [0.2, 0.25) is 0 Å². The van der Waals surface area contributed by atoms with E-state index in [9.17, 15) is 26.9 Å². The lowest BCUT2D eigenvalue weighted by atomic mass is 9.90. The molecule has 4 nitrogen and oxygen atoms in total. The zero-order valence-electron chi connectivity index (χ0n) is 16.1. The van der Waals surface area contributed by atoms with Crippen molar-refractivity contribution in [1.29, 1.82) is 0 Å². The summed E-state index contributed by atoms with van der Waals surface area (Å²) >= 11 is 1.39. The molecule has 0 aromatic heterocycles. The molecule has 1 rings (SSSR count). The minimum Gasteiger partial charge on any atom is -0.591 e. The van der Waals surface area contributed by atoms with E-state index in [0.717, 1.165) is 6.08 Å². The number of esters is 1. The smallest absolute Gasteiger partial charge is 0.392 e. The SMILES string of the molecule is CCOC(=O)CC(CC(=N[S+]([O-])C(C)(C)C)C1=C(F)C=CC(Br)C1)C(F)(F)F. The first-order chi connectivity index (χ1) is 12.8. The van der Waals surface area contributed by atoms with Crippen molar-refractivity contribution < 1.29 is 31.6 Å². The lowest BCUT2D eigenvalue weighted by Gasteiger charge is -2.25. The van der Waals surface area contributed by atoms with Gasteiger partial charge in [-0.25, -0.2) is 4.39 Å². The molecule has 0 spiro atoms. The maximum Gasteiger partial charge on any atom is 0.392 e. The number of rotatable bonds is 7. The van der Waals surface area contributed by atoms with Crippen molar-refractivity contribution in [3.63, 3.8) is 0 Å². The molecule has 0 N–H and O–H groups in total. The molecule has 0 aromatic carbocycles. The van der Waals surface area contributed by atoms with Crippen molar-refractivity contribution in [2.24, 2.45) is 10.3 Å². The highest BCUT2D eigenvalue weighted by molar-refractivity contribution is 9.09. The summed E-state index contributed by atoms with van der Waals surface area (Å²) in [5.41, 5.74) is -0.286. The fourth-order valence-corrected chi connectivity index (χ4v) is 3.45. The van der Waals surface area contributed by atoms with Crippen molar-refractivity contribution in [3.05, 3.63) is 23.6 Å². The van der Waals surface area contributed by atoms with Gasteiger partial charge in [0, 0.05) is 16.8 Å². The number of ether oxygens (including phenoxy) is 1. The highest BCUT2D eigenvalue weighted by Gasteiger charge is 2.43. The Balaban J connectivity index is 3.31. The third-order valence-corrected chi connectivity index (χ3v) is 5.89. The van der Waals surface area contributed by atoms with Gasteiger partial charge < -0.3 is 9.29 Å². The number of hydrogen-bond acceptors (Lipinski definition) is 4. The highest BCUT2D eigenvalue weighted by Crippen LogP contribution is 2.36. The number of nitrogens with zero attached hydrogens (tertiary/aromatic N) is 1. The molecule has 0 fully saturated rings. The Kier molecular flexibility index (Phi) is 9.21. The van der Waals surface area contributed by atoms with E-state index in [-0.39, 0.29) is 29.1 Å². The van der Waals surface area contributed by atoms with Gasteiger partial charge in [-0.1, -0.05) is 26.4 Å². The lowest BCUT2D eigenvalue weighted by Crippen LogP contribution is -2.32. The second-order valence-corrected chi connectivity index (χ2v) is 10.3. The summed E-state index contributed by atoms with van der Waals surface area (Å²) in [6.45, 7) is 6.29. The average molecular weight is 490 g/mol. The number of allylic oxidation sites excluding steroid dienone is 4. The van der Waals surface area contributed by atoms with Gasteiger partial charge in [-0.2, -0.15) is 13.2 Å². The van der Waals surface area contributed by atoms with Crippen LogP contribution in [0.25, 0.3) is 0 Å². The van der Waals surface area contributed by atoms with Crippen LogP contribution in [0.4, 0.5) is 17.6 Å². The molecule has 3 unspecified atom stereocenters. The predicted molar refractivity (Wildman–Crippen MR) is 105 cm³/mol. The summed E-state index contributed by atoms with van der Waals surface area (Å²) in [5, 5.41) is 0. The van der Waals surface area contributed by atoms with Crippen molar-refractivity contribution in [1.82, 2.24) is 0 Å². The van der Waals surface area contributed by atoms with E-state index in [4.69, 9.17) is 0 Å². The minimum atomic E-state index is -4.73. The molecule has 3 atom stereocenters. The zero-order chi connectivity index (χ0) is 21.7. The van der Waals surface area contributed by atoms with Gasteiger partial charge in [0.15, 0.2) is 0 Å². The van der Waals surface area contributed by atoms with Crippen LogP contribution in [-0.4, -0.2) is 38.6 Å². The molecule has 0 aliphatic heterocycles. The monoisotopic (exact) mass is 489 g/mol. The van der Waals surface area contributed by atoms with Gasteiger partial charge in [0.1, 0.15) is 21.9 Å². The maximum atomic E-state index is 14.4. The van der Waals surface area contributed by atoms with Gasteiger partial charge >= 0.3 is 12.1 Å². The maximum absolute atomic E-state index is 14.4. The largest absolute Gasteiger partial charge is 0.591 e. The molecule has 1 aliphatic rings. The van der Waals surface area contributed by atoms with Crippen LogP contribution >= 0.6 is 15.9 Å². The third kappa shape index (κ3) is 7.87. The number of halogens is 5. The molecule has 0 amide bonds. The van der Waals surface area contributed by atoms with Crippen molar-refractivity contribution >= 4 is 39.0 Å². The Bertz CT molecular complexity index is 656. The fourth-order valence-electron chi connectivity index (χ4n) is 2.32. The molecule has 1 aliphatic carbocycles. The third-order valence-electron chi connectivity index (χ3n) is 3.83. The van der Waals surface area contributed by atoms with Crippen LogP contribution in [0, 0.1) is 5.92 Å². The first kappa shape index (κ1) is 25.2. The summed E-state index contributed by atoms with van der Waals surface area (Å²) in [6, 6.07) is 0. The molecule has 0 aromatic rings. The van der Waals surface area contributed by atoms with Gasteiger partial charge in [0.25, 0.3) is 0 Å². The summed E-state index contributed by atoms with van der Waals surface area (Å²) in [5.74, 6) is -3.85. The van der Waals surface area contributed by atoms with E-state index in [2.05, 4.69) is 25.1 Å². The van der Waals surface area contributed by atoms with Gasteiger partial charge in [-0.15, -0.1) is 0 Å². The first-order valence-corrected chi connectivity index (χ1v) is 10.7. The summed E-state index contributed by atoms with van der Waals surface area (Å²) < 4.78 is 75.1. The molecule has 0 saturated carbocycles. The molecule has 0 heterocycles. The molecule has 10 heteroatoms. The summed E-state index contributed by atoms with van der Waals surface area (Å²) in [6.07, 6.45) is -3.68. The second-order valence-electron chi connectivity index (χ2n) is 7.26. The summed E-state index contributed by atoms with van der Waals surface area (Å²) in [4.78, 5) is 11.3. The molecular weight excluding hydrogens is 466 g/mol. The quantitative estimate of drug-likeness (QED) is 0.159. The van der Waals surface area contributed by atoms with E-state index < -0.39 is 52.8 Å².